The van der Waals surface area contributed by atoms with E-state index in [4.69, 9.17) is 4.74 Å². The molecule has 2 aromatic rings. The lowest BCUT2D eigenvalue weighted by Crippen LogP contribution is -2.49. The van der Waals surface area contributed by atoms with Gasteiger partial charge in [0.05, 0.1) is 12.2 Å². The largest absolute Gasteiger partial charge is 0.493 e. The van der Waals surface area contributed by atoms with E-state index in [1.165, 1.54) is 25.1 Å². The number of benzene rings is 2. The molecule has 2 amide bonds. The number of carbonyl (C=O) groups excluding carboxylic acids is 2. The van der Waals surface area contributed by atoms with Crippen LogP contribution in [0, 0.1) is 0 Å². The summed E-state index contributed by atoms with van der Waals surface area (Å²) >= 11 is 0. The SMILES string of the molecule is CCOc1ccccc1-c1c(/C=C/C(=O)N2CCN(C(C)=O)CC2)cccc1C(F)(F)F. The average Bonchev–Trinajstić information content (AvgIpc) is 2.77. The Morgan fingerprint density at radius 2 is 1.66 bits per heavy atom. The summed E-state index contributed by atoms with van der Waals surface area (Å²) in [5, 5.41) is 0. The van der Waals surface area contributed by atoms with Crippen molar-refractivity contribution in [2.45, 2.75) is 20.0 Å². The van der Waals surface area contributed by atoms with E-state index in [1.54, 1.807) is 47.1 Å². The van der Waals surface area contributed by atoms with E-state index in [1.807, 2.05) is 0 Å². The second-order valence-corrected chi connectivity index (χ2v) is 7.36. The van der Waals surface area contributed by atoms with Crippen molar-refractivity contribution in [3.63, 3.8) is 0 Å². The summed E-state index contributed by atoms with van der Waals surface area (Å²) in [5.74, 6) is -0.0168. The number of piperazine rings is 1. The minimum atomic E-state index is -4.58. The number of nitrogens with zero attached hydrogens (tertiary/aromatic N) is 2. The maximum absolute atomic E-state index is 13.9. The smallest absolute Gasteiger partial charge is 0.417 e. The van der Waals surface area contributed by atoms with Gasteiger partial charge in [-0.3, -0.25) is 9.59 Å². The molecule has 32 heavy (non-hydrogen) atoms. The highest BCUT2D eigenvalue weighted by Crippen LogP contribution is 2.42. The molecule has 1 aliphatic rings. The first-order valence-corrected chi connectivity index (χ1v) is 10.4. The summed E-state index contributed by atoms with van der Waals surface area (Å²) in [6.45, 7) is 5.18. The van der Waals surface area contributed by atoms with E-state index in [2.05, 4.69) is 0 Å². The number of halogens is 3. The number of ether oxygens (including phenoxy) is 1. The molecule has 1 saturated heterocycles. The lowest BCUT2D eigenvalue weighted by atomic mass is 9.93. The Labute approximate surface area is 185 Å². The number of rotatable bonds is 5. The maximum atomic E-state index is 13.9. The molecule has 8 heteroatoms. The van der Waals surface area contributed by atoms with Crippen molar-refractivity contribution in [3.8, 4) is 16.9 Å². The summed E-state index contributed by atoms with van der Waals surface area (Å²) < 4.78 is 47.1. The van der Waals surface area contributed by atoms with Crippen LogP contribution in [0.5, 0.6) is 5.75 Å². The van der Waals surface area contributed by atoms with Gasteiger partial charge in [0, 0.05) is 50.3 Å². The highest BCUT2D eigenvalue weighted by molar-refractivity contribution is 5.94. The molecular formula is C24H25F3N2O3. The highest BCUT2D eigenvalue weighted by Gasteiger charge is 2.35. The molecule has 1 aliphatic heterocycles. The van der Waals surface area contributed by atoms with Crippen LogP contribution in [0.2, 0.25) is 0 Å². The van der Waals surface area contributed by atoms with Crippen LogP contribution in [0.25, 0.3) is 17.2 Å². The van der Waals surface area contributed by atoms with Crippen molar-refractivity contribution in [1.82, 2.24) is 9.80 Å². The zero-order valence-corrected chi connectivity index (χ0v) is 18.0. The van der Waals surface area contributed by atoms with Crippen LogP contribution in [-0.4, -0.2) is 54.4 Å². The second kappa shape index (κ2) is 9.89. The third-order valence-corrected chi connectivity index (χ3v) is 5.30. The first-order valence-electron chi connectivity index (χ1n) is 10.4. The molecule has 0 saturated carbocycles. The molecule has 0 radical (unpaired) electrons. The van der Waals surface area contributed by atoms with E-state index in [0.29, 0.717) is 44.1 Å². The lowest BCUT2D eigenvalue weighted by Gasteiger charge is -2.33. The van der Waals surface area contributed by atoms with Crippen molar-refractivity contribution in [1.29, 1.82) is 0 Å². The summed E-state index contributed by atoms with van der Waals surface area (Å²) in [5.41, 5.74) is -0.254. The van der Waals surface area contributed by atoms with Gasteiger partial charge in [0.2, 0.25) is 11.8 Å². The van der Waals surface area contributed by atoms with Gasteiger partial charge in [-0.2, -0.15) is 13.2 Å². The van der Waals surface area contributed by atoms with Gasteiger partial charge in [-0.1, -0.05) is 30.3 Å². The summed E-state index contributed by atoms with van der Waals surface area (Å²) in [7, 11) is 0. The van der Waals surface area contributed by atoms with Gasteiger partial charge in [0.25, 0.3) is 0 Å². The number of alkyl halides is 3. The highest BCUT2D eigenvalue weighted by atomic mass is 19.4. The Hall–Kier alpha value is -3.29. The Morgan fingerprint density at radius 1 is 1.00 bits per heavy atom. The predicted molar refractivity (Wildman–Crippen MR) is 116 cm³/mol. The van der Waals surface area contributed by atoms with Crippen molar-refractivity contribution >= 4 is 17.9 Å². The van der Waals surface area contributed by atoms with Gasteiger partial charge < -0.3 is 14.5 Å². The zero-order valence-electron chi connectivity index (χ0n) is 18.0. The molecule has 0 bridgehead atoms. The van der Waals surface area contributed by atoms with Gasteiger partial charge >= 0.3 is 6.18 Å². The van der Waals surface area contributed by atoms with Crippen LogP contribution in [0.15, 0.2) is 48.5 Å². The first kappa shape index (κ1) is 23.4. The van der Waals surface area contributed by atoms with E-state index < -0.39 is 11.7 Å². The van der Waals surface area contributed by atoms with E-state index in [0.717, 1.165) is 6.07 Å². The van der Waals surface area contributed by atoms with Gasteiger partial charge in [0.15, 0.2) is 0 Å². The molecule has 0 aliphatic carbocycles. The van der Waals surface area contributed by atoms with Gasteiger partial charge in [-0.15, -0.1) is 0 Å². The Bertz CT molecular complexity index is 1010. The van der Waals surface area contributed by atoms with Crippen LogP contribution in [0.4, 0.5) is 13.2 Å². The van der Waals surface area contributed by atoms with Gasteiger partial charge in [0.1, 0.15) is 5.75 Å². The summed E-state index contributed by atoms with van der Waals surface area (Å²) in [6.07, 6.45) is -1.88. The van der Waals surface area contributed by atoms with E-state index in [-0.39, 0.29) is 22.9 Å². The number of amides is 2. The van der Waals surface area contributed by atoms with Crippen molar-refractivity contribution in [2.24, 2.45) is 0 Å². The molecule has 0 N–H and O–H groups in total. The van der Waals surface area contributed by atoms with Crippen LogP contribution in [0.1, 0.15) is 25.0 Å². The first-order chi connectivity index (χ1) is 15.2. The zero-order chi connectivity index (χ0) is 23.3. The predicted octanol–water partition coefficient (Wildman–Crippen LogP) is 4.48. The second-order valence-electron chi connectivity index (χ2n) is 7.36. The van der Waals surface area contributed by atoms with Crippen LogP contribution >= 0.6 is 0 Å². The molecular weight excluding hydrogens is 421 g/mol. The van der Waals surface area contributed by atoms with Crippen molar-refractivity contribution in [3.05, 3.63) is 59.7 Å². The van der Waals surface area contributed by atoms with Crippen molar-refractivity contribution < 1.29 is 27.5 Å². The molecule has 0 unspecified atom stereocenters. The van der Waals surface area contributed by atoms with Crippen LogP contribution in [-0.2, 0) is 15.8 Å². The minimum Gasteiger partial charge on any atom is -0.493 e. The number of hydrogen-bond acceptors (Lipinski definition) is 3. The number of hydrogen-bond donors (Lipinski definition) is 0. The third kappa shape index (κ3) is 5.30. The molecule has 0 atom stereocenters. The molecule has 1 heterocycles. The van der Waals surface area contributed by atoms with Gasteiger partial charge in [-0.25, -0.2) is 0 Å². The topological polar surface area (TPSA) is 49.9 Å². The third-order valence-electron chi connectivity index (χ3n) is 5.30. The van der Waals surface area contributed by atoms with Crippen LogP contribution < -0.4 is 4.74 Å². The van der Waals surface area contributed by atoms with E-state index >= 15 is 0 Å². The monoisotopic (exact) mass is 446 g/mol. The molecule has 0 aromatic heterocycles. The van der Waals surface area contributed by atoms with Crippen molar-refractivity contribution in [2.75, 3.05) is 32.8 Å². The fraction of sp³-hybridized carbons (Fsp3) is 0.333. The molecule has 5 nitrogen and oxygen atoms in total. The number of carbonyl (C=O) groups is 2. The molecule has 3 rings (SSSR count). The molecule has 170 valence electrons. The van der Waals surface area contributed by atoms with Crippen LogP contribution in [0.3, 0.4) is 0 Å². The van der Waals surface area contributed by atoms with E-state index in [9.17, 15) is 22.8 Å². The fourth-order valence-corrected chi connectivity index (χ4v) is 3.71. The maximum Gasteiger partial charge on any atom is 0.417 e. The Balaban J connectivity index is 1.96. The molecule has 2 aromatic carbocycles. The lowest BCUT2D eigenvalue weighted by molar-refractivity contribution is -0.137. The normalized spacial score (nSPS) is 14.7. The summed E-state index contributed by atoms with van der Waals surface area (Å²) in [4.78, 5) is 27.3. The quantitative estimate of drug-likeness (QED) is 0.637. The number of para-hydroxylation sites is 1. The Morgan fingerprint density at radius 3 is 2.28 bits per heavy atom. The average molecular weight is 446 g/mol. The minimum absolute atomic E-state index is 0.0329. The molecule has 0 spiro atoms. The standard InChI is InChI=1S/C24H25F3N2O3/c1-3-32-21-10-5-4-8-19(21)23-18(7-6-9-20(23)24(25,26)27)11-12-22(31)29-15-13-28(14-16-29)17(2)30/h4-12H,3,13-16H2,1-2H3/b12-11+. The van der Waals surface area contributed by atoms with Gasteiger partial charge in [-0.05, 0) is 30.7 Å². The summed E-state index contributed by atoms with van der Waals surface area (Å²) in [6, 6.07) is 10.5. The fourth-order valence-electron chi connectivity index (χ4n) is 3.71. The molecule has 1 fully saturated rings. The Kier molecular flexibility index (Phi) is 7.22.